The largest absolute Gasteiger partial charge is 0.463 e. The summed E-state index contributed by atoms with van der Waals surface area (Å²) in [6.07, 6.45) is 0. The fraction of sp³-hybridized carbons (Fsp3) is 0.333. The van der Waals surface area contributed by atoms with Gasteiger partial charge in [0.2, 0.25) is 0 Å². The van der Waals surface area contributed by atoms with Crippen LogP contribution in [0, 0.1) is 10.1 Å². The van der Waals surface area contributed by atoms with E-state index in [4.69, 9.17) is 4.74 Å². The van der Waals surface area contributed by atoms with E-state index in [1.54, 1.807) is 19.1 Å². The van der Waals surface area contributed by atoms with Crippen molar-refractivity contribution in [2.75, 3.05) is 44.2 Å². The van der Waals surface area contributed by atoms with Gasteiger partial charge >= 0.3 is 12.0 Å². The number of non-ortho nitro benzene ring substituents is 1. The van der Waals surface area contributed by atoms with Gasteiger partial charge in [0.1, 0.15) is 0 Å². The molecule has 2 amide bonds. The van der Waals surface area contributed by atoms with Crippen molar-refractivity contribution in [1.29, 1.82) is 0 Å². The number of rotatable bonds is 7. The quantitative estimate of drug-likeness (QED) is 0.367. The third-order valence-corrected chi connectivity index (χ3v) is 5.96. The van der Waals surface area contributed by atoms with Crippen LogP contribution in [0.4, 0.5) is 16.2 Å². The molecule has 4 rings (SSSR count). The lowest BCUT2D eigenvalue weighted by atomic mass is 9.95. The molecule has 0 aromatic heterocycles. The molecule has 1 saturated heterocycles. The van der Waals surface area contributed by atoms with Crippen molar-refractivity contribution in [3.63, 3.8) is 0 Å². The number of urea groups is 1. The van der Waals surface area contributed by atoms with Crippen LogP contribution in [-0.2, 0) is 9.53 Å². The lowest BCUT2D eigenvalue weighted by molar-refractivity contribution is -0.384. The SMILES string of the molecule is CCOC(=O)C1=C(CN2CCN(c3ccc([N+](=O)[O-])cc3)CC2)NC(=O)N[C@H]1c1ccccc1. The number of anilines is 1. The average Bonchev–Trinajstić information content (AvgIpc) is 2.85. The molecule has 0 radical (unpaired) electrons. The Morgan fingerprint density at radius 3 is 2.38 bits per heavy atom. The van der Waals surface area contributed by atoms with E-state index in [-0.39, 0.29) is 18.3 Å². The molecule has 10 nitrogen and oxygen atoms in total. The predicted octanol–water partition coefficient (Wildman–Crippen LogP) is 2.59. The van der Waals surface area contributed by atoms with Gasteiger partial charge in [0.15, 0.2) is 0 Å². The van der Waals surface area contributed by atoms with E-state index in [1.807, 2.05) is 30.3 Å². The molecule has 1 atom stereocenters. The standard InChI is InChI=1S/C24H27N5O5/c1-2-34-23(30)21-20(25-24(31)26-22(21)17-6-4-3-5-7-17)16-27-12-14-28(15-13-27)18-8-10-19(11-9-18)29(32)33/h3-11,22H,2,12-16H2,1H3,(H2,25,26,31)/t22-/m0/s1. The van der Waals surface area contributed by atoms with Crippen LogP contribution in [0.2, 0.25) is 0 Å². The molecule has 34 heavy (non-hydrogen) atoms. The summed E-state index contributed by atoms with van der Waals surface area (Å²) in [6, 6.07) is 14.9. The van der Waals surface area contributed by atoms with Gasteiger partial charge in [0, 0.05) is 56.2 Å². The van der Waals surface area contributed by atoms with Gasteiger partial charge in [-0.2, -0.15) is 0 Å². The molecule has 2 aromatic rings. The predicted molar refractivity (Wildman–Crippen MR) is 126 cm³/mol. The van der Waals surface area contributed by atoms with Crippen molar-refractivity contribution >= 4 is 23.4 Å². The minimum atomic E-state index is -0.592. The van der Waals surface area contributed by atoms with Gasteiger partial charge in [0.05, 0.1) is 23.1 Å². The number of hydrogen-bond acceptors (Lipinski definition) is 7. The van der Waals surface area contributed by atoms with Crippen LogP contribution in [0.15, 0.2) is 65.9 Å². The number of ether oxygens (including phenoxy) is 1. The van der Waals surface area contributed by atoms with Crippen LogP contribution < -0.4 is 15.5 Å². The summed E-state index contributed by atoms with van der Waals surface area (Å²) in [4.78, 5) is 40.2. The highest BCUT2D eigenvalue weighted by molar-refractivity contribution is 5.95. The summed E-state index contributed by atoms with van der Waals surface area (Å²) >= 11 is 0. The lowest BCUT2D eigenvalue weighted by Gasteiger charge is -2.38. The topological polar surface area (TPSA) is 117 Å². The Hall–Kier alpha value is -3.92. The Labute approximate surface area is 197 Å². The van der Waals surface area contributed by atoms with Crippen molar-refractivity contribution in [3.8, 4) is 0 Å². The molecule has 1 fully saturated rings. The molecule has 10 heteroatoms. The van der Waals surface area contributed by atoms with Crippen LogP contribution in [0.5, 0.6) is 0 Å². The van der Waals surface area contributed by atoms with E-state index in [1.165, 1.54) is 12.1 Å². The Kier molecular flexibility index (Phi) is 7.07. The molecule has 0 unspecified atom stereocenters. The van der Waals surface area contributed by atoms with Gasteiger partial charge < -0.3 is 20.3 Å². The molecule has 2 aliphatic heterocycles. The molecule has 2 N–H and O–H groups in total. The Bertz CT molecular complexity index is 1080. The normalized spacial score (nSPS) is 18.8. The minimum absolute atomic E-state index is 0.0652. The number of carbonyl (C=O) groups is 2. The van der Waals surface area contributed by atoms with Crippen molar-refractivity contribution in [1.82, 2.24) is 15.5 Å². The number of nitro benzene ring substituents is 1. The number of carbonyl (C=O) groups excluding carboxylic acids is 2. The van der Waals surface area contributed by atoms with Gasteiger partial charge in [-0.25, -0.2) is 9.59 Å². The molecule has 2 aliphatic rings. The van der Waals surface area contributed by atoms with Crippen LogP contribution in [-0.4, -0.2) is 61.2 Å². The molecule has 0 aliphatic carbocycles. The van der Waals surface area contributed by atoms with Gasteiger partial charge in [-0.1, -0.05) is 30.3 Å². The Balaban J connectivity index is 1.50. The highest BCUT2D eigenvalue weighted by Gasteiger charge is 2.34. The number of nitro groups is 1. The Morgan fingerprint density at radius 1 is 1.09 bits per heavy atom. The molecule has 2 aromatic carbocycles. The zero-order chi connectivity index (χ0) is 24.1. The fourth-order valence-electron chi connectivity index (χ4n) is 4.26. The summed E-state index contributed by atoms with van der Waals surface area (Å²) in [7, 11) is 0. The monoisotopic (exact) mass is 465 g/mol. The molecule has 178 valence electrons. The van der Waals surface area contributed by atoms with Crippen LogP contribution >= 0.6 is 0 Å². The molecule has 0 saturated carbocycles. The van der Waals surface area contributed by atoms with E-state index in [2.05, 4.69) is 20.4 Å². The summed E-state index contributed by atoms with van der Waals surface area (Å²) in [5.41, 5.74) is 2.75. The maximum Gasteiger partial charge on any atom is 0.338 e. The lowest BCUT2D eigenvalue weighted by Crippen LogP contribution is -2.51. The number of amides is 2. The molecular weight excluding hydrogens is 438 g/mol. The molecule has 0 spiro atoms. The number of benzene rings is 2. The number of esters is 1. The van der Waals surface area contributed by atoms with E-state index in [0.717, 1.165) is 11.3 Å². The van der Waals surface area contributed by atoms with Crippen molar-refractivity contribution < 1.29 is 19.2 Å². The summed E-state index contributed by atoms with van der Waals surface area (Å²) in [5, 5.41) is 16.6. The Morgan fingerprint density at radius 2 is 1.76 bits per heavy atom. The second-order valence-electron chi connectivity index (χ2n) is 8.09. The first kappa shape index (κ1) is 23.2. The third-order valence-electron chi connectivity index (χ3n) is 5.96. The zero-order valence-electron chi connectivity index (χ0n) is 18.9. The van der Waals surface area contributed by atoms with Crippen LogP contribution in [0.25, 0.3) is 0 Å². The summed E-state index contributed by atoms with van der Waals surface area (Å²) in [5.74, 6) is -0.455. The minimum Gasteiger partial charge on any atom is -0.463 e. The van der Waals surface area contributed by atoms with Crippen molar-refractivity contribution in [2.45, 2.75) is 13.0 Å². The van der Waals surface area contributed by atoms with E-state index in [0.29, 0.717) is 44.0 Å². The van der Waals surface area contributed by atoms with Gasteiger partial charge in [-0.3, -0.25) is 15.0 Å². The number of hydrogen-bond donors (Lipinski definition) is 2. The second kappa shape index (κ2) is 10.3. The van der Waals surface area contributed by atoms with Crippen LogP contribution in [0.3, 0.4) is 0 Å². The van der Waals surface area contributed by atoms with Crippen molar-refractivity contribution in [3.05, 3.63) is 81.5 Å². The van der Waals surface area contributed by atoms with E-state index < -0.39 is 16.9 Å². The van der Waals surface area contributed by atoms with Gasteiger partial charge in [-0.05, 0) is 24.6 Å². The van der Waals surface area contributed by atoms with Crippen molar-refractivity contribution in [2.24, 2.45) is 0 Å². The van der Waals surface area contributed by atoms with E-state index in [9.17, 15) is 19.7 Å². The number of nitrogens with one attached hydrogen (secondary N) is 2. The highest BCUT2D eigenvalue weighted by Crippen LogP contribution is 2.28. The smallest absolute Gasteiger partial charge is 0.338 e. The number of nitrogens with zero attached hydrogens (tertiary/aromatic N) is 3. The summed E-state index contributed by atoms with van der Waals surface area (Å²) in [6.45, 7) is 5.23. The first-order valence-electron chi connectivity index (χ1n) is 11.2. The van der Waals surface area contributed by atoms with Gasteiger partial charge in [-0.15, -0.1) is 0 Å². The first-order chi connectivity index (χ1) is 16.5. The number of piperazine rings is 1. The highest BCUT2D eigenvalue weighted by atomic mass is 16.6. The molecular formula is C24H27N5O5. The average molecular weight is 466 g/mol. The van der Waals surface area contributed by atoms with Gasteiger partial charge in [0.25, 0.3) is 5.69 Å². The summed E-state index contributed by atoms with van der Waals surface area (Å²) < 4.78 is 5.33. The zero-order valence-corrected chi connectivity index (χ0v) is 18.9. The second-order valence-corrected chi connectivity index (χ2v) is 8.09. The molecule has 0 bridgehead atoms. The maximum atomic E-state index is 12.9. The fourth-order valence-corrected chi connectivity index (χ4v) is 4.26. The first-order valence-corrected chi connectivity index (χ1v) is 11.2. The third kappa shape index (κ3) is 5.18. The maximum absolute atomic E-state index is 12.9. The molecule has 2 heterocycles. The van der Waals surface area contributed by atoms with Crippen LogP contribution in [0.1, 0.15) is 18.5 Å². The van der Waals surface area contributed by atoms with E-state index >= 15 is 0 Å².